The van der Waals surface area contributed by atoms with Gasteiger partial charge < -0.3 is 14.8 Å². The lowest BCUT2D eigenvalue weighted by atomic mass is 10.0. The van der Waals surface area contributed by atoms with E-state index in [2.05, 4.69) is 21.2 Å². The number of nitriles is 1. The van der Waals surface area contributed by atoms with E-state index in [1.807, 2.05) is 37.3 Å². The number of rotatable bonds is 7. The molecular weight excluding hydrogens is 504 g/mol. The Balaban J connectivity index is 1.95. The number of carbonyl (C=O) groups excluding carboxylic acids is 2. The molecule has 1 heterocycles. The van der Waals surface area contributed by atoms with Crippen LogP contribution in [-0.2, 0) is 9.53 Å². The van der Waals surface area contributed by atoms with Gasteiger partial charge in [-0.25, -0.2) is 4.79 Å². The number of halogens is 1. The maximum absolute atomic E-state index is 12.9. The average molecular weight is 525 g/mol. The van der Waals surface area contributed by atoms with Crippen molar-refractivity contribution in [2.24, 2.45) is 0 Å². The fraction of sp³-hybridized carbons (Fsp3) is 0.160. The van der Waals surface area contributed by atoms with Crippen LogP contribution in [0.1, 0.15) is 28.4 Å². The Bertz CT molecular complexity index is 1260. The van der Waals surface area contributed by atoms with E-state index >= 15 is 0 Å². The van der Waals surface area contributed by atoms with Gasteiger partial charge in [0.25, 0.3) is 5.91 Å². The Labute approximate surface area is 204 Å². The minimum absolute atomic E-state index is 0.104. The van der Waals surface area contributed by atoms with Crippen molar-refractivity contribution in [2.45, 2.75) is 13.8 Å². The molecule has 33 heavy (non-hydrogen) atoms. The maximum atomic E-state index is 12.9. The zero-order valence-corrected chi connectivity index (χ0v) is 20.7. The third kappa shape index (κ3) is 5.69. The molecule has 0 spiro atoms. The van der Waals surface area contributed by atoms with Gasteiger partial charge in [0.1, 0.15) is 28.0 Å². The topological polar surface area (TPSA) is 88.4 Å². The number of hydrogen-bond acceptors (Lipinski definition) is 6. The molecule has 168 valence electrons. The lowest BCUT2D eigenvalue weighted by Gasteiger charge is -2.09. The third-order valence-corrected chi connectivity index (χ3v) is 6.23. The second-order valence-electron chi connectivity index (χ2n) is 6.96. The lowest BCUT2D eigenvalue weighted by Crippen LogP contribution is -2.16. The van der Waals surface area contributed by atoms with Gasteiger partial charge in [-0.05, 0) is 59.1 Å². The highest BCUT2D eigenvalue weighted by atomic mass is 79.9. The largest absolute Gasteiger partial charge is 0.496 e. The van der Waals surface area contributed by atoms with Gasteiger partial charge in [0.2, 0.25) is 0 Å². The van der Waals surface area contributed by atoms with E-state index in [0.717, 1.165) is 11.1 Å². The SMILES string of the molecule is CCOC(=O)c1c(-c2ccc(C)cc2)csc1NC(=O)/C(C#N)=C/c1ccc(OC)c(Br)c1. The number of methoxy groups -OCH3 is 1. The number of amides is 1. The summed E-state index contributed by atoms with van der Waals surface area (Å²) in [5.41, 5.74) is 3.39. The van der Waals surface area contributed by atoms with Crippen LogP contribution in [0.4, 0.5) is 5.00 Å². The second-order valence-corrected chi connectivity index (χ2v) is 8.69. The second kappa shape index (κ2) is 10.9. The van der Waals surface area contributed by atoms with Crippen LogP contribution in [0.25, 0.3) is 17.2 Å². The number of esters is 1. The number of aryl methyl sites for hydroxylation is 1. The van der Waals surface area contributed by atoms with Crippen LogP contribution in [0.2, 0.25) is 0 Å². The van der Waals surface area contributed by atoms with Crippen LogP contribution >= 0.6 is 27.3 Å². The number of ether oxygens (including phenoxy) is 2. The van der Waals surface area contributed by atoms with Gasteiger partial charge in [0.05, 0.1) is 18.2 Å². The molecule has 8 heteroatoms. The molecule has 0 aliphatic rings. The summed E-state index contributed by atoms with van der Waals surface area (Å²) >= 11 is 4.60. The van der Waals surface area contributed by atoms with Gasteiger partial charge in [-0.3, -0.25) is 4.79 Å². The van der Waals surface area contributed by atoms with Gasteiger partial charge >= 0.3 is 5.97 Å². The average Bonchev–Trinajstić information content (AvgIpc) is 3.21. The van der Waals surface area contributed by atoms with E-state index in [-0.39, 0.29) is 17.7 Å². The predicted molar refractivity (Wildman–Crippen MR) is 133 cm³/mol. The van der Waals surface area contributed by atoms with Crippen LogP contribution in [0.5, 0.6) is 5.75 Å². The van der Waals surface area contributed by atoms with Gasteiger partial charge in [-0.15, -0.1) is 11.3 Å². The molecule has 0 aliphatic heterocycles. The Kier molecular flexibility index (Phi) is 8.04. The summed E-state index contributed by atoms with van der Waals surface area (Å²) in [6, 6.07) is 14.9. The van der Waals surface area contributed by atoms with Gasteiger partial charge in [-0.1, -0.05) is 35.9 Å². The van der Waals surface area contributed by atoms with Crippen molar-refractivity contribution in [2.75, 3.05) is 19.0 Å². The molecule has 0 saturated heterocycles. The van der Waals surface area contributed by atoms with Gasteiger partial charge in [0, 0.05) is 10.9 Å². The first-order chi connectivity index (χ1) is 15.9. The first-order valence-corrected chi connectivity index (χ1v) is 11.7. The van der Waals surface area contributed by atoms with Crippen molar-refractivity contribution >= 4 is 50.2 Å². The normalized spacial score (nSPS) is 10.9. The van der Waals surface area contributed by atoms with E-state index < -0.39 is 11.9 Å². The van der Waals surface area contributed by atoms with Crippen molar-refractivity contribution in [3.8, 4) is 22.9 Å². The van der Waals surface area contributed by atoms with Crippen molar-refractivity contribution in [1.29, 1.82) is 5.26 Å². The number of nitrogens with zero attached hydrogens (tertiary/aromatic N) is 1. The highest BCUT2D eigenvalue weighted by Gasteiger charge is 2.23. The summed E-state index contributed by atoms with van der Waals surface area (Å²) in [6.45, 7) is 3.90. The van der Waals surface area contributed by atoms with Gasteiger partial charge in [0.15, 0.2) is 0 Å². The Hall–Kier alpha value is -3.41. The summed E-state index contributed by atoms with van der Waals surface area (Å²) in [5.74, 6) is -0.519. The molecule has 1 amide bonds. The van der Waals surface area contributed by atoms with Crippen molar-refractivity contribution < 1.29 is 19.1 Å². The molecule has 0 saturated carbocycles. The fourth-order valence-electron chi connectivity index (χ4n) is 3.06. The zero-order valence-electron chi connectivity index (χ0n) is 18.3. The minimum atomic E-state index is -0.618. The van der Waals surface area contributed by atoms with Gasteiger partial charge in [-0.2, -0.15) is 5.26 Å². The number of nitrogens with one attached hydrogen (secondary N) is 1. The smallest absolute Gasteiger partial charge is 0.341 e. The van der Waals surface area contributed by atoms with Crippen LogP contribution in [0.3, 0.4) is 0 Å². The first kappa shape index (κ1) is 24.2. The molecule has 0 radical (unpaired) electrons. The molecule has 0 aliphatic carbocycles. The highest BCUT2D eigenvalue weighted by Crippen LogP contribution is 2.36. The van der Waals surface area contributed by atoms with Crippen molar-refractivity contribution in [1.82, 2.24) is 0 Å². The molecule has 3 aromatic rings. The molecule has 6 nitrogen and oxygen atoms in total. The molecule has 0 bridgehead atoms. The van der Waals surface area contributed by atoms with E-state index in [1.165, 1.54) is 17.4 Å². The summed E-state index contributed by atoms with van der Waals surface area (Å²) in [4.78, 5) is 25.6. The number of hydrogen-bond donors (Lipinski definition) is 1. The molecular formula is C25H21BrN2O4S. The van der Waals surface area contributed by atoms with Crippen LogP contribution in [0, 0.1) is 18.3 Å². The fourth-order valence-corrected chi connectivity index (χ4v) is 4.57. The van der Waals surface area contributed by atoms with Crippen molar-refractivity contribution in [3.63, 3.8) is 0 Å². The Morgan fingerprint density at radius 3 is 2.55 bits per heavy atom. The number of carbonyl (C=O) groups is 2. The number of benzene rings is 2. The van der Waals surface area contributed by atoms with Crippen LogP contribution in [-0.4, -0.2) is 25.6 Å². The van der Waals surface area contributed by atoms with E-state index in [4.69, 9.17) is 9.47 Å². The molecule has 3 rings (SSSR count). The lowest BCUT2D eigenvalue weighted by molar-refractivity contribution is -0.112. The summed E-state index contributed by atoms with van der Waals surface area (Å²) in [6.07, 6.45) is 1.47. The monoisotopic (exact) mass is 524 g/mol. The summed E-state index contributed by atoms with van der Waals surface area (Å²) < 4.78 is 11.1. The molecule has 0 fully saturated rings. The molecule has 2 aromatic carbocycles. The number of thiophene rings is 1. The summed E-state index contributed by atoms with van der Waals surface area (Å²) in [7, 11) is 1.55. The maximum Gasteiger partial charge on any atom is 0.341 e. The third-order valence-electron chi connectivity index (χ3n) is 4.71. The summed E-state index contributed by atoms with van der Waals surface area (Å²) in [5, 5.41) is 14.4. The van der Waals surface area contributed by atoms with Crippen molar-refractivity contribution in [3.05, 3.63) is 74.6 Å². The highest BCUT2D eigenvalue weighted by molar-refractivity contribution is 9.10. The minimum Gasteiger partial charge on any atom is -0.496 e. The molecule has 1 aromatic heterocycles. The van der Waals surface area contributed by atoms with Crippen LogP contribution < -0.4 is 10.1 Å². The zero-order chi connectivity index (χ0) is 24.0. The Morgan fingerprint density at radius 1 is 1.21 bits per heavy atom. The Morgan fingerprint density at radius 2 is 1.94 bits per heavy atom. The van der Waals surface area contributed by atoms with E-state index in [1.54, 1.807) is 37.6 Å². The van der Waals surface area contributed by atoms with E-state index in [9.17, 15) is 14.9 Å². The van der Waals surface area contributed by atoms with Crippen LogP contribution in [0.15, 0.2) is 57.9 Å². The van der Waals surface area contributed by atoms with E-state index in [0.29, 0.717) is 26.4 Å². The number of anilines is 1. The molecule has 0 unspecified atom stereocenters. The quantitative estimate of drug-likeness (QED) is 0.225. The molecule has 1 N–H and O–H groups in total. The first-order valence-electron chi connectivity index (χ1n) is 10.00. The molecule has 0 atom stereocenters. The predicted octanol–water partition coefficient (Wildman–Crippen LogP) is 6.22. The standard InChI is InChI=1S/C25H21BrN2O4S/c1-4-32-25(30)22-19(17-8-5-15(2)6-9-17)14-33-24(22)28-23(29)18(13-27)11-16-7-10-21(31-3)20(26)12-16/h5-12,14H,4H2,1-3H3,(H,28,29)/b18-11+.